The van der Waals surface area contributed by atoms with Gasteiger partial charge in [0.25, 0.3) is 5.91 Å². The average molecular weight is 289 g/mol. The molecular formula is C12H8ClF3N2O. The number of carbonyl (C=O) groups is 1. The Labute approximate surface area is 111 Å². The molecule has 1 aromatic heterocycles. The lowest BCUT2D eigenvalue weighted by Crippen LogP contribution is -2.33. The first-order chi connectivity index (χ1) is 8.88. The van der Waals surface area contributed by atoms with Crippen molar-refractivity contribution in [2.75, 3.05) is 6.54 Å². The van der Waals surface area contributed by atoms with Gasteiger partial charge < -0.3 is 5.32 Å². The van der Waals surface area contributed by atoms with Crippen molar-refractivity contribution in [3.05, 3.63) is 41.2 Å². The summed E-state index contributed by atoms with van der Waals surface area (Å²) in [7, 11) is 0. The van der Waals surface area contributed by atoms with Gasteiger partial charge in [0.05, 0.1) is 5.56 Å². The van der Waals surface area contributed by atoms with Crippen LogP contribution in [0, 0.1) is 0 Å². The van der Waals surface area contributed by atoms with E-state index in [1.807, 2.05) is 0 Å². The van der Waals surface area contributed by atoms with Crippen LogP contribution in [0.5, 0.6) is 0 Å². The molecule has 19 heavy (non-hydrogen) atoms. The van der Waals surface area contributed by atoms with Crippen molar-refractivity contribution in [2.45, 2.75) is 6.18 Å². The van der Waals surface area contributed by atoms with E-state index in [1.54, 1.807) is 29.6 Å². The number of fused-ring (bicyclic) bond motifs is 1. The summed E-state index contributed by atoms with van der Waals surface area (Å²) in [4.78, 5) is 15.5. The summed E-state index contributed by atoms with van der Waals surface area (Å²) in [6.07, 6.45) is -3.29. The van der Waals surface area contributed by atoms with Crippen LogP contribution in [-0.4, -0.2) is 23.6 Å². The number of nitrogens with zero attached hydrogens (tertiary/aromatic N) is 1. The average Bonchev–Trinajstić information content (AvgIpc) is 2.36. The second kappa shape index (κ2) is 5.05. The third-order valence-electron chi connectivity index (χ3n) is 2.44. The molecule has 3 nitrogen and oxygen atoms in total. The van der Waals surface area contributed by atoms with Gasteiger partial charge in [0.15, 0.2) is 0 Å². The Balaban J connectivity index is 2.35. The number of benzene rings is 1. The van der Waals surface area contributed by atoms with E-state index in [0.717, 1.165) is 6.20 Å². The molecule has 0 aliphatic rings. The van der Waals surface area contributed by atoms with E-state index < -0.39 is 18.6 Å². The molecule has 1 heterocycles. The van der Waals surface area contributed by atoms with Crippen molar-refractivity contribution in [1.82, 2.24) is 10.3 Å². The van der Waals surface area contributed by atoms with Crippen LogP contribution in [-0.2, 0) is 0 Å². The largest absolute Gasteiger partial charge is 0.405 e. The number of alkyl halides is 3. The van der Waals surface area contributed by atoms with Crippen molar-refractivity contribution in [3.63, 3.8) is 0 Å². The molecule has 0 unspecified atom stereocenters. The first-order valence-corrected chi connectivity index (χ1v) is 5.64. The Morgan fingerprint density at radius 3 is 2.53 bits per heavy atom. The van der Waals surface area contributed by atoms with Crippen LogP contribution in [0.15, 0.2) is 30.5 Å². The van der Waals surface area contributed by atoms with E-state index in [0.29, 0.717) is 10.8 Å². The van der Waals surface area contributed by atoms with Crippen LogP contribution >= 0.6 is 11.6 Å². The van der Waals surface area contributed by atoms with E-state index >= 15 is 0 Å². The maximum absolute atomic E-state index is 12.1. The molecule has 0 spiro atoms. The minimum Gasteiger partial charge on any atom is -0.343 e. The Morgan fingerprint density at radius 1 is 1.26 bits per heavy atom. The van der Waals surface area contributed by atoms with Gasteiger partial charge in [0.2, 0.25) is 0 Å². The quantitative estimate of drug-likeness (QED) is 0.863. The van der Waals surface area contributed by atoms with Gasteiger partial charge in [-0.3, -0.25) is 4.79 Å². The lowest BCUT2D eigenvalue weighted by molar-refractivity contribution is -0.123. The lowest BCUT2D eigenvalue weighted by atomic mass is 10.1. The Kier molecular flexibility index (Phi) is 3.61. The van der Waals surface area contributed by atoms with Gasteiger partial charge in [-0.25, -0.2) is 4.98 Å². The van der Waals surface area contributed by atoms with Gasteiger partial charge in [0, 0.05) is 11.6 Å². The summed E-state index contributed by atoms with van der Waals surface area (Å²) >= 11 is 5.86. The SMILES string of the molecule is O=C(NCC(F)(F)F)c1cnc(Cl)c2ccccc12. The van der Waals surface area contributed by atoms with Crippen molar-refractivity contribution in [3.8, 4) is 0 Å². The summed E-state index contributed by atoms with van der Waals surface area (Å²) < 4.78 is 36.2. The first-order valence-electron chi connectivity index (χ1n) is 5.26. The van der Waals surface area contributed by atoms with Gasteiger partial charge in [-0.05, 0) is 5.39 Å². The summed E-state index contributed by atoms with van der Waals surface area (Å²) in [6, 6.07) is 6.61. The van der Waals surface area contributed by atoms with Crippen LogP contribution < -0.4 is 5.32 Å². The van der Waals surface area contributed by atoms with E-state index in [1.165, 1.54) is 0 Å². The maximum atomic E-state index is 12.1. The molecule has 2 rings (SSSR count). The zero-order valence-corrected chi connectivity index (χ0v) is 10.2. The molecule has 0 saturated carbocycles. The molecule has 0 atom stereocenters. The van der Waals surface area contributed by atoms with Crippen LogP contribution in [0.25, 0.3) is 10.8 Å². The number of carbonyl (C=O) groups excluding carboxylic acids is 1. The zero-order chi connectivity index (χ0) is 14.0. The fourth-order valence-corrected chi connectivity index (χ4v) is 1.83. The molecule has 0 bridgehead atoms. The topological polar surface area (TPSA) is 42.0 Å². The predicted molar refractivity (Wildman–Crippen MR) is 65.1 cm³/mol. The third kappa shape index (κ3) is 3.14. The number of halogens is 4. The molecular weight excluding hydrogens is 281 g/mol. The Hall–Kier alpha value is -1.82. The number of nitrogens with one attached hydrogen (secondary N) is 1. The van der Waals surface area contributed by atoms with Crippen molar-refractivity contribution < 1.29 is 18.0 Å². The fourth-order valence-electron chi connectivity index (χ4n) is 1.61. The highest BCUT2D eigenvalue weighted by Crippen LogP contribution is 2.24. The predicted octanol–water partition coefficient (Wildman–Crippen LogP) is 3.18. The fraction of sp³-hybridized carbons (Fsp3) is 0.167. The number of aromatic nitrogens is 1. The molecule has 1 amide bonds. The standard InChI is InChI=1S/C12H8ClF3N2O/c13-10-8-4-2-1-3-7(8)9(5-17-10)11(19)18-6-12(14,15)16/h1-5H,6H2,(H,18,19). The van der Waals surface area contributed by atoms with Gasteiger partial charge in [0.1, 0.15) is 11.7 Å². The van der Waals surface area contributed by atoms with Gasteiger partial charge >= 0.3 is 6.18 Å². The summed E-state index contributed by atoms with van der Waals surface area (Å²) in [5, 5.41) is 2.98. The number of amides is 1. The zero-order valence-electron chi connectivity index (χ0n) is 9.46. The van der Waals surface area contributed by atoms with Crippen molar-refractivity contribution in [1.29, 1.82) is 0 Å². The molecule has 1 N–H and O–H groups in total. The van der Waals surface area contributed by atoms with Crippen LogP contribution in [0.1, 0.15) is 10.4 Å². The first kappa shape index (κ1) is 13.6. The monoisotopic (exact) mass is 288 g/mol. The molecule has 0 saturated heterocycles. The van der Waals surface area contributed by atoms with E-state index in [2.05, 4.69) is 4.98 Å². The van der Waals surface area contributed by atoms with Gasteiger partial charge in [-0.15, -0.1) is 0 Å². The van der Waals surface area contributed by atoms with E-state index in [4.69, 9.17) is 11.6 Å². The normalized spacial score (nSPS) is 11.6. The lowest BCUT2D eigenvalue weighted by Gasteiger charge is -2.10. The molecule has 0 aliphatic carbocycles. The molecule has 7 heteroatoms. The molecule has 100 valence electrons. The van der Waals surface area contributed by atoms with E-state index in [9.17, 15) is 18.0 Å². The highest BCUT2D eigenvalue weighted by molar-refractivity contribution is 6.34. The van der Waals surface area contributed by atoms with Crippen molar-refractivity contribution in [2.24, 2.45) is 0 Å². The molecule has 0 radical (unpaired) electrons. The number of hydrogen-bond donors (Lipinski definition) is 1. The van der Waals surface area contributed by atoms with Crippen molar-refractivity contribution >= 4 is 28.3 Å². The maximum Gasteiger partial charge on any atom is 0.405 e. The number of pyridine rings is 1. The van der Waals surface area contributed by atoms with Gasteiger partial charge in [-0.2, -0.15) is 13.2 Å². The smallest absolute Gasteiger partial charge is 0.343 e. The third-order valence-corrected chi connectivity index (χ3v) is 2.74. The second-order valence-electron chi connectivity index (χ2n) is 3.81. The summed E-state index contributed by atoms with van der Waals surface area (Å²) in [5.41, 5.74) is 0.0595. The minimum atomic E-state index is -4.45. The number of hydrogen-bond acceptors (Lipinski definition) is 2. The number of rotatable bonds is 2. The Bertz CT molecular complexity index is 628. The molecule has 2 aromatic rings. The second-order valence-corrected chi connectivity index (χ2v) is 4.16. The van der Waals surface area contributed by atoms with Crippen LogP contribution in [0.2, 0.25) is 5.15 Å². The molecule has 0 aliphatic heterocycles. The highest BCUT2D eigenvalue weighted by Gasteiger charge is 2.28. The molecule has 1 aromatic carbocycles. The minimum absolute atomic E-state index is 0.0595. The Morgan fingerprint density at radius 2 is 1.89 bits per heavy atom. The molecule has 0 fully saturated rings. The highest BCUT2D eigenvalue weighted by atomic mass is 35.5. The van der Waals surface area contributed by atoms with Crippen LogP contribution in [0.3, 0.4) is 0 Å². The van der Waals surface area contributed by atoms with Crippen LogP contribution in [0.4, 0.5) is 13.2 Å². The van der Waals surface area contributed by atoms with Gasteiger partial charge in [-0.1, -0.05) is 35.9 Å². The summed E-state index contributed by atoms with van der Waals surface area (Å²) in [6.45, 7) is -1.39. The summed E-state index contributed by atoms with van der Waals surface area (Å²) in [5.74, 6) is -0.835. The van der Waals surface area contributed by atoms with E-state index in [-0.39, 0.29) is 10.7 Å².